The molecule has 0 heterocycles. The van der Waals surface area contributed by atoms with Crippen molar-refractivity contribution >= 4 is 5.97 Å². The van der Waals surface area contributed by atoms with Gasteiger partial charge in [-0.25, -0.2) is 0 Å². The van der Waals surface area contributed by atoms with Crippen LogP contribution in [0.1, 0.15) is 49.8 Å². The third-order valence-corrected chi connectivity index (χ3v) is 4.56. The van der Waals surface area contributed by atoms with Crippen LogP contribution in [0.5, 0.6) is 0 Å². The highest BCUT2D eigenvalue weighted by molar-refractivity contribution is 5.74. The number of hydrogen-bond acceptors (Lipinski definition) is 4. The normalized spacial score (nSPS) is 29.6. The van der Waals surface area contributed by atoms with Gasteiger partial charge in [0.25, 0.3) is 0 Å². The summed E-state index contributed by atoms with van der Waals surface area (Å²) in [6.45, 7) is 7.55. The van der Waals surface area contributed by atoms with Crippen molar-refractivity contribution in [1.29, 1.82) is 0 Å². The van der Waals surface area contributed by atoms with E-state index in [2.05, 4.69) is 0 Å². The van der Waals surface area contributed by atoms with Crippen LogP contribution < -0.4 is 0 Å². The van der Waals surface area contributed by atoms with Crippen molar-refractivity contribution in [3.8, 4) is 0 Å². The maximum Gasteiger partial charge on any atom is 0.312 e. The van der Waals surface area contributed by atoms with Crippen LogP contribution in [-0.2, 0) is 15.1 Å². The van der Waals surface area contributed by atoms with E-state index < -0.39 is 23.6 Å². The molecule has 0 saturated heterocycles. The van der Waals surface area contributed by atoms with Gasteiger partial charge in [0.2, 0.25) is 0 Å². The van der Waals surface area contributed by atoms with E-state index in [1.165, 1.54) is 0 Å². The van der Waals surface area contributed by atoms with Gasteiger partial charge >= 0.3 is 5.97 Å². The molecule has 0 radical (unpaired) electrons. The number of aliphatic hydroxyl groups is 2. The lowest BCUT2D eigenvalue weighted by Gasteiger charge is -2.44. The number of hydrogen-bond donors (Lipinski definition) is 2. The van der Waals surface area contributed by atoms with Crippen LogP contribution in [-0.4, -0.2) is 28.9 Å². The number of aryl methyl sites for hydroxylation is 1. The molecule has 4 nitrogen and oxygen atoms in total. The van der Waals surface area contributed by atoms with Gasteiger partial charge in [-0.15, -0.1) is 0 Å². The van der Waals surface area contributed by atoms with Crippen molar-refractivity contribution in [2.75, 3.05) is 6.61 Å². The zero-order valence-corrected chi connectivity index (χ0v) is 13.1. The van der Waals surface area contributed by atoms with Crippen molar-refractivity contribution in [2.45, 2.75) is 51.7 Å². The maximum atomic E-state index is 12.1. The Labute approximate surface area is 125 Å². The Morgan fingerprint density at radius 1 is 1.52 bits per heavy atom. The molecule has 4 heteroatoms. The highest BCUT2D eigenvalue weighted by Crippen LogP contribution is 2.46. The number of aliphatic hydroxyl groups excluding tert-OH is 1. The Balaban J connectivity index is 2.54. The molecule has 21 heavy (non-hydrogen) atoms. The number of fused-ring (bicyclic) bond motifs is 1. The van der Waals surface area contributed by atoms with E-state index in [9.17, 15) is 15.0 Å². The predicted octanol–water partition coefficient (Wildman–Crippen LogP) is 2.25. The zero-order chi connectivity index (χ0) is 15.8. The smallest absolute Gasteiger partial charge is 0.312 e. The lowest BCUT2D eigenvalue weighted by Crippen LogP contribution is -2.51. The van der Waals surface area contributed by atoms with Gasteiger partial charge < -0.3 is 14.9 Å². The summed E-state index contributed by atoms with van der Waals surface area (Å²) in [5, 5.41) is 21.6. The number of carbonyl (C=O) groups is 1. The Kier molecular flexibility index (Phi) is 4.40. The first-order valence-corrected chi connectivity index (χ1v) is 7.50. The average molecular weight is 292 g/mol. The fraction of sp³-hybridized carbons (Fsp3) is 0.588. The van der Waals surface area contributed by atoms with Crippen molar-refractivity contribution in [1.82, 2.24) is 0 Å². The Morgan fingerprint density at radius 3 is 2.81 bits per heavy atom. The monoisotopic (exact) mass is 292 g/mol. The van der Waals surface area contributed by atoms with Crippen molar-refractivity contribution in [3.63, 3.8) is 0 Å². The molecule has 0 aliphatic heterocycles. The summed E-state index contributed by atoms with van der Waals surface area (Å²) in [6, 6.07) is 5.83. The summed E-state index contributed by atoms with van der Waals surface area (Å²) in [4.78, 5) is 12.1. The molecule has 0 saturated carbocycles. The fourth-order valence-electron chi connectivity index (χ4n) is 3.24. The number of carbonyl (C=O) groups excluding carboxylic acids is 1. The molecule has 0 bridgehead atoms. The van der Waals surface area contributed by atoms with Crippen LogP contribution in [0.3, 0.4) is 0 Å². The van der Waals surface area contributed by atoms with Gasteiger partial charge in [-0.2, -0.15) is 0 Å². The summed E-state index contributed by atoms with van der Waals surface area (Å²) in [5.41, 5.74) is 1.03. The largest absolute Gasteiger partial charge is 0.466 e. The van der Waals surface area contributed by atoms with Crippen molar-refractivity contribution in [3.05, 3.63) is 34.9 Å². The third-order valence-electron chi connectivity index (χ3n) is 4.56. The summed E-state index contributed by atoms with van der Waals surface area (Å²) < 4.78 is 5.03. The van der Waals surface area contributed by atoms with Gasteiger partial charge in [0, 0.05) is 0 Å². The molecule has 4 unspecified atom stereocenters. The summed E-state index contributed by atoms with van der Waals surface area (Å²) >= 11 is 0. The molecule has 0 fully saturated rings. The predicted molar refractivity (Wildman–Crippen MR) is 79.9 cm³/mol. The average Bonchev–Trinajstić information content (AvgIpc) is 2.44. The SMILES string of the molecule is CCOC(=O)C(C)C1(O)c2cc(C)ccc2C(C)CC1O. The van der Waals surface area contributed by atoms with Crippen LogP contribution in [0.2, 0.25) is 0 Å². The first-order valence-electron chi connectivity index (χ1n) is 7.50. The van der Waals surface area contributed by atoms with Gasteiger partial charge in [0.15, 0.2) is 0 Å². The highest BCUT2D eigenvalue weighted by Gasteiger charge is 2.51. The van der Waals surface area contributed by atoms with Gasteiger partial charge in [0.1, 0.15) is 5.60 Å². The van der Waals surface area contributed by atoms with Crippen molar-refractivity contribution in [2.24, 2.45) is 5.92 Å². The summed E-state index contributed by atoms with van der Waals surface area (Å²) in [7, 11) is 0. The summed E-state index contributed by atoms with van der Waals surface area (Å²) in [6.07, 6.45) is -0.558. The molecule has 1 aromatic rings. The van der Waals surface area contributed by atoms with Crippen LogP contribution in [0.15, 0.2) is 18.2 Å². The van der Waals surface area contributed by atoms with E-state index in [0.717, 1.165) is 11.1 Å². The number of esters is 1. The first-order chi connectivity index (χ1) is 9.82. The van der Waals surface area contributed by atoms with E-state index in [4.69, 9.17) is 4.74 Å². The maximum absolute atomic E-state index is 12.1. The van der Waals surface area contributed by atoms with E-state index in [1.807, 2.05) is 32.0 Å². The fourth-order valence-corrected chi connectivity index (χ4v) is 3.24. The molecular weight excluding hydrogens is 268 g/mol. The highest BCUT2D eigenvalue weighted by atomic mass is 16.5. The molecule has 116 valence electrons. The van der Waals surface area contributed by atoms with E-state index >= 15 is 0 Å². The minimum absolute atomic E-state index is 0.144. The molecule has 2 rings (SSSR count). The van der Waals surface area contributed by atoms with Gasteiger partial charge in [-0.1, -0.05) is 30.7 Å². The van der Waals surface area contributed by atoms with E-state index in [0.29, 0.717) is 12.0 Å². The molecule has 2 N–H and O–H groups in total. The quantitative estimate of drug-likeness (QED) is 0.839. The first kappa shape index (κ1) is 16.0. The van der Waals surface area contributed by atoms with Gasteiger partial charge in [-0.3, -0.25) is 4.79 Å². The van der Waals surface area contributed by atoms with Crippen LogP contribution >= 0.6 is 0 Å². The van der Waals surface area contributed by atoms with Gasteiger partial charge in [0.05, 0.1) is 18.6 Å². The molecule has 0 spiro atoms. The van der Waals surface area contributed by atoms with Crippen LogP contribution in [0.25, 0.3) is 0 Å². The Hall–Kier alpha value is -1.39. The topological polar surface area (TPSA) is 66.8 Å². The molecule has 1 aliphatic carbocycles. The molecule has 1 aliphatic rings. The minimum atomic E-state index is -1.60. The second-order valence-electron chi connectivity index (χ2n) is 6.04. The van der Waals surface area contributed by atoms with E-state index in [1.54, 1.807) is 13.8 Å². The van der Waals surface area contributed by atoms with Gasteiger partial charge in [-0.05, 0) is 44.2 Å². The van der Waals surface area contributed by atoms with Crippen LogP contribution in [0.4, 0.5) is 0 Å². The number of ether oxygens (including phenoxy) is 1. The molecule has 4 atom stereocenters. The molecule has 0 aromatic heterocycles. The number of benzene rings is 1. The number of rotatable bonds is 3. The summed E-state index contributed by atoms with van der Waals surface area (Å²) in [5.74, 6) is -1.16. The third kappa shape index (κ3) is 2.58. The Bertz CT molecular complexity index is 540. The lowest BCUT2D eigenvalue weighted by molar-refractivity contribution is -0.173. The van der Waals surface area contributed by atoms with Crippen molar-refractivity contribution < 1.29 is 19.7 Å². The standard InChI is InChI=1S/C17H24O4/c1-5-21-16(19)12(4)17(20)14-8-10(2)6-7-13(14)11(3)9-15(17)18/h6-8,11-12,15,18,20H,5,9H2,1-4H3. The molecular formula is C17H24O4. The second kappa shape index (κ2) is 5.78. The second-order valence-corrected chi connectivity index (χ2v) is 6.04. The molecule has 0 amide bonds. The zero-order valence-electron chi connectivity index (χ0n) is 13.1. The lowest BCUT2D eigenvalue weighted by atomic mass is 9.67. The molecule has 1 aromatic carbocycles. The Morgan fingerprint density at radius 2 is 2.19 bits per heavy atom. The van der Waals surface area contributed by atoms with E-state index in [-0.39, 0.29) is 12.5 Å². The van der Waals surface area contributed by atoms with Crippen LogP contribution in [0, 0.1) is 12.8 Å². The minimum Gasteiger partial charge on any atom is -0.466 e.